The van der Waals surface area contributed by atoms with Crippen molar-refractivity contribution >= 4 is 0 Å². The van der Waals surface area contributed by atoms with Gasteiger partial charge in [0.2, 0.25) is 5.89 Å². The van der Waals surface area contributed by atoms with Crippen LogP contribution in [0.15, 0.2) is 39.6 Å². The predicted octanol–water partition coefficient (Wildman–Crippen LogP) is 2.01. The lowest BCUT2D eigenvalue weighted by atomic mass is 10.3. The third-order valence-electron chi connectivity index (χ3n) is 3.15. The molecule has 0 saturated heterocycles. The standard InChI is InChI=1S/C14H17N5O2/c1-10-4-7-20-13(10)14-18-17-12(21-14)8-15-11(2)9-19-6-3-5-16-19/h3-7,11,15H,8-9H2,1-2H3. The molecule has 0 aromatic carbocycles. The Hall–Kier alpha value is -2.41. The van der Waals surface area contributed by atoms with Crippen molar-refractivity contribution < 1.29 is 8.83 Å². The molecule has 0 aliphatic heterocycles. The van der Waals surface area contributed by atoms with Crippen LogP contribution in [0, 0.1) is 6.92 Å². The Morgan fingerprint density at radius 1 is 1.38 bits per heavy atom. The van der Waals surface area contributed by atoms with Crippen LogP contribution in [0.25, 0.3) is 11.7 Å². The molecule has 3 aromatic heterocycles. The molecular weight excluding hydrogens is 270 g/mol. The highest BCUT2D eigenvalue weighted by atomic mass is 16.4. The van der Waals surface area contributed by atoms with Gasteiger partial charge in [0.05, 0.1) is 19.4 Å². The minimum atomic E-state index is 0.241. The predicted molar refractivity (Wildman–Crippen MR) is 75.3 cm³/mol. The van der Waals surface area contributed by atoms with Gasteiger partial charge in [0.1, 0.15) is 0 Å². The van der Waals surface area contributed by atoms with Gasteiger partial charge in [0.15, 0.2) is 5.76 Å². The second-order valence-electron chi connectivity index (χ2n) is 4.94. The summed E-state index contributed by atoms with van der Waals surface area (Å²) in [5, 5.41) is 15.5. The SMILES string of the molecule is Cc1ccoc1-c1nnc(CNC(C)Cn2cccn2)o1. The molecule has 0 saturated carbocycles. The maximum atomic E-state index is 5.59. The van der Waals surface area contributed by atoms with Crippen LogP contribution < -0.4 is 5.32 Å². The topological polar surface area (TPSA) is 81.9 Å². The normalized spacial score (nSPS) is 12.7. The number of rotatable bonds is 6. The van der Waals surface area contributed by atoms with Crippen molar-refractivity contribution in [3.63, 3.8) is 0 Å². The van der Waals surface area contributed by atoms with E-state index in [0.29, 0.717) is 24.1 Å². The molecule has 3 aromatic rings. The third kappa shape index (κ3) is 3.19. The molecule has 0 spiro atoms. The Kier molecular flexibility index (Phi) is 3.83. The van der Waals surface area contributed by atoms with Crippen LogP contribution in [0.2, 0.25) is 0 Å². The average Bonchev–Trinajstić information content (AvgIpc) is 3.17. The number of hydrogen-bond donors (Lipinski definition) is 1. The Balaban J connectivity index is 1.56. The van der Waals surface area contributed by atoms with Gasteiger partial charge in [-0.3, -0.25) is 4.68 Å². The largest absolute Gasteiger partial charge is 0.459 e. The van der Waals surface area contributed by atoms with Crippen LogP contribution in [0.3, 0.4) is 0 Å². The van der Waals surface area contributed by atoms with Gasteiger partial charge in [-0.2, -0.15) is 5.10 Å². The van der Waals surface area contributed by atoms with Crippen LogP contribution in [-0.4, -0.2) is 26.0 Å². The molecule has 21 heavy (non-hydrogen) atoms. The summed E-state index contributed by atoms with van der Waals surface area (Å²) in [6, 6.07) is 4.01. The number of nitrogens with zero attached hydrogens (tertiary/aromatic N) is 4. The molecule has 7 nitrogen and oxygen atoms in total. The molecule has 7 heteroatoms. The Bertz CT molecular complexity index is 686. The quantitative estimate of drug-likeness (QED) is 0.747. The number of hydrogen-bond acceptors (Lipinski definition) is 6. The van der Waals surface area contributed by atoms with Crippen molar-refractivity contribution in [2.75, 3.05) is 0 Å². The number of nitrogens with one attached hydrogen (secondary N) is 1. The molecule has 1 atom stereocenters. The van der Waals surface area contributed by atoms with Gasteiger partial charge in [-0.25, -0.2) is 0 Å². The van der Waals surface area contributed by atoms with Crippen molar-refractivity contribution in [1.82, 2.24) is 25.3 Å². The van der Waals surface area contributed by atoms with E-state index in [-0.39, 0.29) is 6.04 Å². The highest BCUT2D eigenvalue weighted by Crippen LogP contribution is 2.22. The van der Waals surface area contributed by atoms with E-state index in [1.807, 2.05) is 29.9 Å². The van der Waals surface area contributed by atoms with Crippen molar-refractivity contribution in [2.45, 2.75) is 33.0 Å². The van der Waals surface area contributed by atoms with E-state index in [0.717, 1.165) is 12.1 Å². The van der Waals surface area contributed by atoms with E-state index in [1.165, 1.54) is 0 Å². The van der Waals surface area contributed by atoms with Gasteiger partial charge in [0.25, 0.3) is 5.89 Å². The van der Waals surface area contributed by atoms with E-state index >= 15 is 0 Å². The van der Waals surface area contributed by atoms with Crippen LogP contribution in [0.5, 0.6) is 0 Å². The van der Waals surface area contributed by atoms with E-state index in [9.17, 15) is 0 Å². The summed E-state index contributed by atoms with van der Waals surface area (Å²) in [6.45, 7) is 5.31. The minimum Gasteiger partial charge on any atom is -0.459 e. The lowest BCUT2D eigenvalue weighted by Crippen LogP contribution is -2.30. The molecule has 1 N–H and O–H groups in total. The van der Waals surface area contributed by atoms with Crippen LogP contribution in [0.4, 0.5) is 0 Å². The molecule has 1 unspecified atom stereocenters. The molecule has 3 rings (SSSR count). The summed E-state index contributed by atoms with van der Waals surface area (Å²) in [6.07, 6.45) is 5.31. The Morgan fingerprint density at radius 3 is 3.00 bits per heavy atom. The fourth-order valence-corrected chi connectivity index (χ4v) is 2.02. The first kappa shape index (κ1) is 13.6. The van der Waals surface area contributed by atoms with E-state index in [1.54, 1.807) is 12.5 Å². The van der Waals surface area contributed by atoms with Gasteiger partial charge < -0.3 is 14.2 Å². The molecule has 3 heterocycles. The zero-order valence-corrected chi connectivity index (χ0v) is 12.0. The summed E-state index contributed by atoms with van der Waals surface area (Å²) >= 11 is 0. The Morgan fingerprint density at radius 2 is 2.29 bits per heavy atom. The van der Waals surface area contributed by atoms with E-state index in [2.05, 4.69) is 27.5 Å². The molecule has 0 bridgehead atoms. The zero-order valence-electron chi connectivity index (χ0n) is 12.0. The Labute approximate surface area is 122 Å². The first-order valence-corrected chi connectivity index (χ1v) is 6.80. The van der Waals surface area contributed by atoms with Gasteiger partial charge >= 0.3 is 0 Å². The molecule has 0 amide bonds. The monoisotopic (exact) mass is 287 g/mol. The highest BCUT2D eigenvalue weighted by molar-refractivity contribution is 5.49. The van der Waals surface area contributed by atoms with Crippen molar-refractivity contribution in [1.29, 1.82) is 0 Å². The number of aryl methyl sites for hydroxylation is 1. The second-order valence-corrected chi connectivity index (χ2v) is 4.94. The molecule has 110 valence electrons. The smallest absolute Gasteiger partial charge is 0.283 e. The minimum absolute atomic E-state index is 0.241. The van der Waals surface area contributed by atoms with Gasteiger partial charge in [-0.15, -0.1) is 10.2 Å². The first-order chi connectivity index (χ1) is 10.2. The molecule has 0 aliphatic carbocycles. The number of aromatic nitrogens is 4. The zero-order chi connectivity index (χ0) is 14.7. The fourth-order valence-electron chi connectivity index (χ4n) is 2.02. The fraction of sp³-hybridized carbons (Fsp3) is 0.357. The maximum Gasteiger partial charge on any atom is 0.283 e. The van der Waals surface area contributed by atoms with Gasteiger partial charge in [0, 0.05) is 24.0 Å². The molecule has 0 radical (unpaired) electrons. The average molecular weight is 287 g/mol. The van der Waals surface area contributed by atoms with Crippen LogP contribution in [-0.2, 0) is 13.1 Å². The highest BCUT2D eigenvalue weighted by Gasteiger charge is 2.14. The number of furan rings is 1. The van der Waals surface area contributed by atoms with Crippen molar-refractivity contribution in [3.05, 3.63) is 42.2 Å². The molecule has 0 aliphatic rings. The maximum absolute atomic E-state index is 5.59. The summed E-state index contributed by atoms with van der Waals surface area (Å²) < 4.78 is 12.8. The third-order valence-corrected chi connectivity index (χ3v) is 3.15. The molecular formula is C14H17N5O2. The van der Waals surface area contributed by atoms with Gasteiger partial charge in [-0.1, -0.05) is 0 Å². The van der Waals surface area contributed by atoms with Crippen LogP contribution >= 0.6 is 0 Å². The van der Waals surface area contributed by atoms with Gasteiger partial charge in [-0.05, 0) is 26.0 Å². The van der Waals surface area contributed by atoms with E-state index in [4.69, 9.17) is 8.83 Å². The van der Waals surface area contributed by atoms with E-state index < -0.39 is 0 Å². The van der Waals surface area contributed by atoms with Crippen LogP contribution in [0.1, 0.15) is 18.4 Å². The summed E-state index contributed by atoms with van der Waals surface area (Å²) in [5.74, 6) is 1.57. The molecule has 0 fully saturated rings. The van der Waals surface area contributed by atoms with Crippen molar-refractivity contribution in [3.8, 4) is 11.7 Å². The lowest BCUT2D eigenvalue weighted by Gasteiger charge is -2.11. The second kappa shape index (κ2) is 5.92. The summed E-state index contributed by atoms with van der Waals surface area (Å²) in [7, 11) is 0. The summed E-state index contributed by atoms with van der Waals surface area (Å²) in [5.41, 5.74) is 0.977. The lowest BCUT2D eigenvalue weighted by molar-refractivity contribution is 0.407. The summed E-state index contributed by atoms with van der Waals surface area (Å²) in [4.78, 5) is 0. The first-order valence-electron chi connectivity index (χ1n) is 6.80. The van der Waals surface area contributed by atoms with Crippen molar-refractivity contribution in [2.24, 2.45) is 0 Å².